The first-order chi connectivity index (χ1) is 9.67. The van der Waals surface area contributed by atoms with Crippen LogP contribution in [-0.4, -0.2) is 41.2 Å². The van der Waals surface area contributed by atoms with Crippen molar-refractivity contribution in [3.8, 4) is 0 Å². The second-order valence-corrected chi connectivity index (χ2v) is 5.33. The minimum atomic E-state index is -0.100. The van der Waals surface area contributed by atoms with Crippen molar-refractivity contribution in [1.82, 2.24) is 15.0 Å². The molecule has 0 aromatic carbocycles. The van der Waals surface area contributed by atoms with Crippen LogP contribution in [0.1, 0.15) is 63.2 Å². The molecule has 2 rings (SSSR count). The van der Waals surface area contributed by atoms with Crippen LogP contribution in [-0.2, 0) is 9.53 Å². The molecule has 0 bridgehead atoms. The van der Waals surface area contributed by atoms with E-state index in [9.17, 15) is 4.79 Å². The molecule has 1 aromatic rings. The van der Waals surface area contributed by atoms with Gasteiger partial charge >= 0.3 is 0 Å². The molecule has 6 nitrogen and oxygen atoms in total. The predicted octanol–water partition coefficient (Wildman–Crippen LogP) is 2.28. The number of nitrogens with zero attached hydrogens (tertiary/aromatic N) is 3. The summed E-state index contributed by atoms with van der Waals surface area (Å²) >= 11 is 0. The molecule has 1 saturated heterocycles. The number of aromatic nitrogens is 2. The fourth-order valence-electron chi connectivity index (χ4n) is 2.46. The molecular formula is C14H23N3O3. The molecular weight excluding hydrogens is 258 g/mol. The number of hydrogen-bond acceptors (Lipinski definition) is 5. The van der Waals surface area contributed by atoms with Gasteiger partial charge in [0.2, 0.25) is 11.8 Å². The van der Waals surface area contributed by atoms with E-state index in [0.717, 1.165) is 38.1 Å². The van der Waals surface area contributed by atoms with Crippen LogP contribution < -0.4 is 0 Å². The molecule has 1 aliphatic rings. The van der Waals surface area contributed by atoms with Crippen molar-refractivity contribution in [3.05, 3.63) is 11.7 Å². The number of hydrogen-bond donors (Lipinski definition) is 0. The van der Waals surface area contributed by atoms with Crippen LogP contribution in [0.5, 0.6) is 0 Å². The Kier molecular flexibility index (Phi) is 5.11. The van der Waals surface area contributed by atoms with Gasteiger partial charge in [0.25, 0.3) is 0 Å². The van der Waals surface area contributed by atoms with E-state index >= 15 is 0 Å². The number of ether oxygens (including phenoxy) is 1. The lowest BCUT2D eigenvalue weighted by Gasteiger charge is -2.33. The summed E-state index contributed by atoms with van der Waals surface area (Å²) in [5.74, 6) is 1.55. The number of rotatable bonds is 5. The van der Waals surface area contributed by atoms with Crippen LogP contribution >= 0.6 is 0 Å². The number of piperidine rings is 1. The average Bonchev–Trinajstić information content (AvgIpc) is 2.96. The van der Waals surface area contributed by atoms with E-state index in [1.165, 1.54) is 7.11 Å². The maximum absolute atomic E-state index is 12.1. The van der Waals surface area contributed by atoms with Gasteiger partial charge in [0.05, 0.1) is 0 Å². The zero-order chi connectivity index (χ0) is 14.5. The third-order valence-electron chi connectivity index (χ3n) is 3.89. The molecule has 1 fully saturated rings. The van der Waals surface area contributed by atoms with Gasteiger partial charge in [-0.05, 0) is 25.7 Å². The summed E-state index contributed by atoms with van der Waals surface area (Å²) in [5.41, 5.74) is 0. The van der Waals surface area contributed by atoms with E-state index in [-0.39, 0.29) is 24.5 Å². The topological polar surface area (TPSA) is 68.5 Å². The Hall–Kier alpha value is -1.43. The fourth-order valence-corrected chi connectivity index (χ4v) is 2.46. The first kappa shape index (κ1) is 15.0. The van der Waals surface area contributed by atoms with Gasteiger partial charge in [0, 0.05) is 19.6 Å². The monoisotopic (exact) mass is 281 g/mol. The SMILES string of the molecule is CC[C@H](C)c1noc([C@@H]2CCCCN2C(=O)COC)n1. The second kappa shape index (κ2) is 6.83. The van der Waals surface area contributed by atoms with E-state index in [1.807, 2.05) is 0 Å². The van der Waals surface area contributed by atoms with Crippen LogP contribution in [0.15, 0.2) is 4.52 Å². The number of methoxy groups -OCH3 is 1. The third kappa shape index (κ3) is 3.17. The Bertz CT molecular complexity index is 447. The molecule has 1 amide bonds. The van der Waals surface area contributed by atoms with E-state index in [2.05, 4.69) is 24.0 Å². The van der Waals surface area contributed by atoms with Crippen molar-refractivity contribution in [2.45, 2.75) is 51.5 Å². The summed E-state index contributed by atoms with van der Waals surface area (Å²) in [5, 5.41) is 4.05. The largest absolute Gasteiger partial charge is 0.375 e. The molecule has 0 spiro atoms. The molecule has 1 aliphatic heterocycles. The predicted molar refractivity (Wildman–Crippen MR) is 73.2 cm³/mol. The summed E-state index contributed by atoms with van der Waals surface area (Å²) in [6, 6.07) is -0.100. The Morgan fingerprint density at radius 2 is 2.35 bits per heavy atom. The Labute approximate surface area is 119 Å². The van der Waals surface area contributed by atoms with Crippen molar-refractivity contribution in [3.63, 3.8) is 0 Å². The van der Waals surface area contributed by atoms with Crippen molar-refractivity contribution >= 4 is 5.91 Å². The standard InChI is InChI=1S/C14H23N3O3/c1-4-10(2)13-15-14(20-16-13)11-7-5-6-8-17(11)12(18)9-19-3/h10-11H,4-9H2,1-3H3/t10-,11-/m0/s1. The smallest absolute Gasteiger partial charge is 0.249 e. The molecule has 0 N–H and O–H groups in total. The van der Waals surface area contributed by atoms with Crippen LogP contribution in [0.3, 0.4) is 0 Å². The van der Waals surface area contributed by atoms with Crippen molar-refractivity contribution in [2.75, 3.05) is 20.3 Å². The molecule has 0 saturated carbocycles. The molecule has 0 radical (unpaired) electrons. The fraction of sp³-hybridized carbons (Fsp3) is 0.786. The van der Waals surface area contributed by atoms with Crippen LogP contribution in [0, 0.1) is 0 Å². The number of amides is 1. The minimum absolute atomic E-state index is 0.0134. The minimum Gasteiger partial charge on any atom is -0.375 e. The molecule has 112 valence electrons. The van der Waals surface area contributed by atoms with Crippen LogP contribution in [0.2, 0.25) is 0 Å². The second-order valence-electron chi connectivity index (χ2n) is 5.33. The molecule has 2 heterocycles. The van der Waals surface area contributed by atoms with Crippen molar-refractivity contribution in [1.29, 1.82) is 0 Å². The Balaban J connectivity index is 2.15. The number of likely N-dealkylation sites (tertiary alicyclic amines) is 1. The molecule has 0 aliphatic carbocycles. The highest BCUT2D eigenvalue weighted by molar-refractivity contribution is 5.77. The molecule has 1 aromatic heterocycles. The van der Waals surface area contributed by atoms with Gasteiger partial charge in [-0.15, -0.1) is 0 Å². The van der Waals surface area contributed by atoms with Crippen molar-refractivity contribution < 1.29 is 14.1 Å². The van der Waals surface area contributed by atoms with Gasteiger partial charge < -0.3 is 14.2 Å². The molecule has 20 heavy (non-hydrogen) atoms. The summed E-state index contributed by atoms with van der Waals surface area (Å²) in [6.45, 7) is 5.00. The molecule has 6 heteroatoms. The lowest BCUT2D eigenvalue weighted by atomic mass is 10.0. The van der Waals surface area contributed by atoms with E-state index in [0.29, 0.717) is 5.89 Å². The van der Waals surface area contributed by atoms with Crippen molar-refractivity contribution in [2.24, 2.45) is 0 Å². The van der Waals surface area contributed by atoms with Crippen LogP contribution in [0.4, 0.5) is 0 Å². The molecule has 2 atom stereocenters. The van der Waals surface area contributed by atoms with Gasteiger partial charge in [-0.2, -0.15) is 4.98 Å². The van der Waals surface area contributed by atoms with Gasteiger partial charge in [0.1, 0.15) is 12.6 Å². The zero-order valence-electron chi connectivity index (χ0n) is 12.5. The highest BCUT2D eigenvalue weighted by Crippen LogP contribution is 2.30. The number of carbonyl (C=O) groups is 1. The Morgan fingerprint density at radius 3 is 3.05 bits per heavy atom. The summed E-state index contributed by atoms with van der Waals surface area (Å²) < 4.78 is 10.3. The van der Waals surface area contributed by atoms with Crippen LogP contribution in [0.25, 0.3) is 0 Å². The Morgan fingerprint density at radius 1 is 1.55 bits per heavy atom. The zero-order valence-corrected chi connectivity index (χ0v) is 12.5. The third-order valence-corrected chi connectivity index (χ3v) is 3.89. The van der Waals surface area contributed by atoms with Gasteiger partial charge in [-0.25, -0.2) is 0 Å². The van der Waals surface area contributed by atoms with Gasteiger partial charge in [-0.1, -0.05) is 19.0 Å². The van der Waals surface area contributed by atoms with E-state index < -0.39 is 0 Å². The summed E-state index contributed by atoms with van der Waals surface area (Å²) in [4.78, 5) is 18.4. The first-order valence-electron chi connectivity index (χ1n) is 7.29. The first-order valence-corrected chi connectivity index (χ1v) is 7.29. The maximum Gasteiger partial charge on any atom is 0.249 e. The lowest BCUT2D eigenvalue weighted by Crippen LogP contribution is -2.40. The van der Waals surface area contributed by atoms with E-state index in [1.54, 1.807) is 4.90 Å². The summed E-state index contributed by atoms with van der Waals surface area (Å²) in [7, 11) is 1.53. The normalized spacial score (nSPS) is 20.9. The maximum atomic E-state index is 12.1. The summed E-state index contributed by atoms with van der Waals surface area (Å²) in [6.07, 6.45) is 3.92. The highest BCUT2D eigenvalue weighted by atomic mass is 16.5. The lowest BCUT2D eigenvalue weighted by molar-refractivity contribution is -0.139. The van der Waals surface area contributed by atoms with Gasteiger partial charge in [-0.3, -0.25) is 4.79 Å². The van der Waals surface area contributed by atoms with Gasteiger partial charge in [0.15, 0.2) is 5.82 Å². The quantitative estimate of drug-likeness (QED) is 0.828. The molecule has 0 unspecified atom stereocenters. The highest BCUT2D eigenvalue weighted by Gasteiger charge is 2.32. The average molecular weight is 281 g/mol. The van der Waals surface area contributed by atoms with E-state index in [4.69, 9.17) is 9.26 Å². The number of carbonyl (C=O) groups excluding carboxylic acids is 1.